The van der Waals surface area contributed by atoms with Gasteiger partial charge in [-0.2, -0.15) is 0 Å². The quantitative estimate of drug-likeness (QED) is 0.526. The van der Waals surface area contributed by atoms with Crippen LogP contribution in [0.2, 0.25) is 0 Å². The van der Waals surface area contributed by atoms with Gasteiger partial charge < -0.3 is 0 Å². The molecule has 0 aliphatic heterocycles. The van der Waals surface area contributed by atoms with Crippen molar-refractivity contribution in [2.75, 3.05) is 0 Å². The fraction of sp³-hybridized carbons (Fsp3) is 0.444. The lowest BCUT2D eigenvalue weighted by molar-refractivity contribution is 0.777. The minimum Gasteiger partial charge on any atom is -0.274 e. The zero-order valence-electron chi connectivity index (χ0n) is 7.53. The number of hydrogen-bond acceptors (Lipinski definition) is 3. The average molecular weight is 167 g/mol. The summed E-state index contributed by atoms with van der Waals surface area (Å²) in [5.41, 5.74) is 1.21. The highest BCUT2D eigenvalue weighted by molar-refractivity contribution is 5.03. The van der Waals surface area contributed by atoms with Crippen molar-refractivity contribution in [2.45, 2.75) is 26.2 Å². The number of hydrogen-bond donors (Lipinski definition) is 2. The third-order valence-corrected chi connectivity index (χ3v) is 1.51. The largest absolute Gasteiger partial charge is 0.274 e. The number of nitrogens with zero attached hydrogens (tertiary/aromatic N) is 1. The molecule has 0 bridgehead atoms. The molecule has 1 rings (SSSR count). The molecule has 0 aliphatic rings. The van der Waals surface area contributed by atoms with Gasteiger partial charge in [-0.3, -0.25) is 16.7 Å². The lowest BCUT2D eigenvalue weighted by Crippen LogP contribution is -2.02. The van der Waals surface area contributed by atoms with Crippen LogP contribution in [0.15, 0.2) is 24.4 Å². The van der Waals surface area contributed by atoms with Gasteiger partial charge in [-0.05, 0) is 25.0 Å². The highest BCUT2D eigenvalue weighted by Crippen LogP contribution is 1.99. The van der Waals surface area contributed by atoms with Crippen LogP contribution in [0.3, 0.4) is 0 Å². The van der Waals surface area contributed by atoms with E-state index < -0.39 is 0 Å². The Hall–Kier alpha value is -0.930. The normalized spacial score (nSPS) is 8.58. The molecule has 0 aliphatic carbocycles. The van der Waals surface area contributed by atoms with Gasteiger partial charge >= 0.3 is 0 Å². The summed E-state index contributed by atoms with van der Waals surface area (Å²) in [6, 6.07) is 6.07. The summed E-state index contributed by atoms with van der Waals surface area (Å²) < 4.78 is 0. The van der Waals surface area contributed by atoms with Crippen molar-refractivity contribution >= 4 is 0 Å². The smallest absolute Gasteiger partial charge is 0.0403 e. The first kappa shape index (κ1) is 11.1. The number of aromatic nitrogens is 1. The van der Waals surface area contributed by atoms with Crippen LogP contribution >= 0.6 is 0 Å². The molecule has 1 aromatic rings. The summed E-state index contributed by atoms with van der Waals surface area (Å²) in [6.45, 7) is 2.20. The van der Waals surface area contributed by atoms with E-state index in [2.05, 4.69) is 29.7 Å². The SMILES string of the molecule is CCCCc1ccccn1.NN. The maximum atomic E-state index is 4.22. The first-order chi connectivity index (χ1) is 5.93. The molecule has 3 nitrogen and oxygen atoms in total. The standard InChI is InChI=1S/C9H13N.H4N2/c1-2-3-6-9-7-4-5-8-10-9;1-2/h4-5,7-8H,2-3,6H2,1H3;1-2H2. The van der Waals surface area contributed by atoms with Crippen molar-refractivity contribution in [1.29, 1.82) is 0 Å². The molecule has 0 spiro atoms. The number of rotatable bonds is 3. The monoisotopic (exact) mass is 167 g/mol. The van der Waals surface area contributed by atoms with Crippen LogP contribution in [-0.2, 0) is 6.42 Å². The van der Waals surface area contributed by atoms with Crippen molar-refractivity contribution in [2.24, 2.45) is 11.7 Å². The third kappa shape index (κ3) is 4.82. The molecule has 3 heteroatoms. The lowest BCUT2D eigenvalue weighted by Gasteiger charge is -1.95. The minimum absolute atomic E-state index is 1.12. The second-order valence-corrected chi connectivity index (χ2v) is 2.42. The van der Waals surface area contributed by atoms with Gasteiger partial charge in [0.1, 0.15) is 0 Å². The molecule has 0 radical (unpaired) electrons. The van der Waals surface area contributed by atoms with E-state index >= 15 is 0 Å². The van der Waals surface area contributed by atoms with E-state index in [0.29, 0.717) is 0 Å². The second kappa shape index (κ2) is 8.17. The van der Waals surface area contributed by atoms with Gasteiger partial charge in [0.2, 0.25) is 0 Å². The molecule has 0 saturated heterocycles. The molecule has 0 amide bonds. The van der Waals surface area contributed by atoms with E-state index in [-0.39, 0.29) is 0 Å². The van der Waals surface area contributed by atoms with Crippen LogP contribution in [0.4, 0.5) is 0 Å². The van der Waals surface area contributed by atoms with E-state index in [1.807, 2.05) is 18.3 Å². The van der Waals surface area contributed by atoms with Crippen LogP contribution in [0, 0.1) is 0 Å². The number of aryl methyl sites for hydroxylation is 1. The van der Waals surface area contributed by atoms with Crippen molar-refractivity contribution in [3.63, 3.8) is 0 Å². The maximum absolute atomic E-state index is 4.22. The fourth-order valence-electron chi connectivity index (χ4n) is 0.904. The Bertz CT molecular complexity index is 174. The minimum atomic E-state index is 1.12. The fourth-order valence-corrected chi connectivity index (χ4v) is 0.904. The number of hydrazine groups is 1. The molecule has 0 unspecified atom stereocenters. The predicted molar refractivity (Wildman–Crippen MR) is 51.2 cm³/mol. The molecular weight excluding hydrogens is 150 g/mol. The Morgan fingerprint density at radius 3 is 2.58 bits per heavy atom. The summed E-state index contributed by atoms with van der Waals surface area (Å²) in [6.07, 6.45) is 5.47. The van der Waals surface area contributed by atoms with Crippen LogP contribution in [0.25, 0.3) is 0 Å². The van der Waals surface area contributed by atoms with Crippen LogP contribution in [0.5, 0.6) is 0 Å². The molecule has 1 aromatic heterocycles. The summed E-state index contributed by atoms with van der Waals surface area (Å²) in [4.78, 5) is 4.22. The van der Waals surface area contributed by atoms with Gasteiger partial charge in [-0.1, -0.05) is 19.4 Å². The zero-order valence-corrected chi connectivity index (χ0v) is 7.53. The Morgan fingerprint density at radius 1 is 1.33 bits per heavy atom. The summed E-state index contributed by atoms with van der Waals surface area (Å²) >= 11 is 0. The number of nitrogens with two attached hydrogens (primary N) is 2. The summed E-state index contributed by atoms with van der Waals surface area (Å²) in [5, 5.41) is 0. The molecule has 0 atom stereocenters. The summed E-state index contributed by atoms with van der Waals surface area (Å²) in [5.74, 6) is 8.00. The molecule has 1 heterocycles. The molecule has 4 N–H and O–H groups in total. The van der Waals surface area contributed by atoms with Gasteiger partial charge in [-0.25, -0.2) is 0 Å². The topological polar surface area (TPSA) is 64.9 Å². The van der Waals surface area contributed by atoms with E-state index in [1.165, 1.54) is 18.5 Å². The van der Waals surface area contributed by atoms with Crippen LogP contribution in [0.1, 0.15) is 25.5 Å². The number of pyridine rings is 1. The van der Waals surface area contributed by atoms with Crippen molar-refractivity contribution in [3.05, 3.63) is 30.1 Å². The molecule has 12 heavy (non-hydrogen) atoms. The predicted octanol–water partition coefficient (Wildman–Crippen LogP) is 1.24. The Balaban J connectivity index is 0.000000561. The van der Waals surface area contributed by atoms with E-state index in [0.717, 1.165) is 6.42 Å². The van der Waals surface area contributed by atoms with E-state index in [9.17, 15) is 0 Å². The second-order valence-electron chi connectivity index (χ2n) is 2.42. The average Bonchev–Trinajstić information content (AvgIpc) is 2.19. The van der Waals surface area contributed by atoms with Crippen molar-refractivity contribution < 1.29 is 0 Å². The summed E-state index contributed by atoms with van der Waals surface area (Å²) in [7, 11) is 0. The molecular formula is C9H17N3. The highest BCUT2D eigenvalue weighted by atomic mass is 15.0. The van der Waals surface area contributed by atoms with E-state index in [4.69, 9.17) is 0 Å². The van der Waals surface area contributed by atoms with Gasteiger partial charge in [0.25, 0.3) is 0 Å². The Labute approximate surface area is 73.8 Å². The van der Waals surface area contributed by atoms with Crippen LogP contribution < -0.4 is 11.7 Å². The first-order valence-electron chi connectivity index (χ1n) is 4.16. The van der Waals surface area contributed by atoms with Gasteiger partial charge in [0.15, 0.2) is 0 Å². The van der Waals surface area contributed by atoms with Gasteiger partial charge in [0.05, 0.1) is 0 Å². The molecule has 0 saturated carbocycles. The molecule has 0 aromatic carbocycles. The Morgan fingerprint density at radius 2 is 2.08 bits per heavy atom. The maximum Gasteiger partial charge on any atom is 0.0403 e. The highest BCUT2D eigenvalue weighted by Gasteiger charge is 1.88. The third-order valence-electron chi connectivity index (χ3n) is 1.51. The Kier molecular flexibility index (Phi) is 7.54. The molecule has 68 valence electrons. The van der Waals surface area contributed by atoms with Gasteiger partial charge in [0, 0.05) is 11.9 Å². The molecule has 0 fully saturated rings. The van der Waals surface area contributed by atoms with Crippen molar-refractivity contribution in [1.82, 2.24) is 4.98 Å². The van der Waals surface area contributed by atoms with Crippen LogP contribution in [-0.4, -0.2) is 4.98 Å². The van der Waals surface area contributed by atoms with E-state index in [1.54, 1.807) is 0 Å². The first-order valence-corrected chi connectivity index (χ1v) is 4.16. The van der Waals surface area contributed by atoms with Crippen molar-refractivity contribution in [3.8, 4) is 0 Å². The zero-order chi connectivity index (χ0) is 9.23. The number of unbranched alkanes of at least 4 members (excludes halogenated alkanes) is 1. The van der Waals surface area contributed by atoms with Gasteiger partial charge in [-0.15, -0.1) is 0 Å². The lowest BCUT2D eigenvalue weighted by atomic mass is 10.2.